The molecule has 0 amide bonds. The number of nitrogens with zero attached hydrogens (tertiary/aromatic N) is 4. The van der Waals surface area contributed by atoms with Crippen LogP contribution >= 0.6 is 11.3 Å². The molecule has 0 aromatic carbocycles. The lowest BCUT2D eigenvalue weighted by Crippen LogP contribution is -2.26. The minimum atomic E-state index is -0.581. The second-order valence-electron chi connectivity index (χ2n) is 9.72. The number of anilines is 1. The minimum absolute atomic E-state index is 0.230. The highest BCUT2D eigenvalue weighted by Gasteiger charge is 2.23. The molecule has 4 N–H and O–H groups in total. The summed E-state index contributed by atoms with van der Waals surface area (Å²) in [6.07, 6.45) is 12.7. The van der Waals surface area contributed by atoms with Crippen LogP contribution in [0.25, 0.3) is 54.9 Å². The molecule has 6 aromatic heterocycles. The Labute approximate surface area is 221 Å². The van der Waals surface area contributed by atoms with Gasteiger partial charge in [0.15, 0.2) is 10.8 Å². The highest BCUT2D eigenvalue weighted by Crippen LogP contribution is 2.36. The van der Waals surface area contributed by atoms with Crippen molar-refractivity contribution >= 4 is 39.0 Å². The number of pyridine rings is 3. The van der Waals surface area contributed by atoms with Gasteiger partial charge in [-0.1, -0.05) is 12.8 Å². The number of aliphatic hydroxyl groups excluding tert-OH is 1. The second-order valence-corrected chi connectivity index (χ2v) is 10.8. The van der Waals surface area contributed by atoms with Crippen LogP contribution in [0.15, 0.2) is 61.3 Å². The zero-order chi connectivity index (χ0) is 25.6. The lowest BCUT2D eigenvalue weighted by atomic mass is 10.1. The van der Waals surface area contributed by atoms with E-state index in [9.17, 15) is 9.50 Å². The number of fused-ring (bicyclic) bond motifs is 2. The molecule has 0 radical (unpaired) electrons. The standard InChI is InChI=1S/C28H24FN7OS/c29-25-6-5-24(38-25)21-13-31-14-23-19(21)9-22(34-23)26-20-8-17(11-32-27(20)36-35-26)16-7-18(12-30-10-16)33-28(37)15-3-1-2-4-15/h5-15,28,33-34,37H,1-4H2,(H,32,35,36). The van der Waals surface area contributed by atoms with Crippen LogP contribution in [0.5, 0.6) is 0 Å². The number of hydrogen-bond acceptors (Lipinski definition) is 7. The van der Waals surface area contributed by atoms with Crippen LogP contribution in [0.3, 0.4) is 0 Å². The molecule has 1 aliphatic rings. The molecule has 0 spiro atoms. The van der Waals surface area contributed by atoms with E-state index in [2.05, 4.69) is 35.5 Å². The number of halogens is 1. The van der Waals surface area contributed by atoms with Crippen molar-refractivity contribution < 1.29 is 9.50 Å². The number of rotatable bonds is 6. The third-order valence-electron chi connectivity index (χ3n) is 7.29. The first-order valence-electron chi connectivity index (χ1n) is 12.6. The van der Waals surface area contributed by atoms with Crippen molar-refractivity contribution in [2.75, 3.05) is 5.32 Å². The summed E-state index contributed by atoms with van der Waals surface area (Å²) in [6.45, 7) is 0. The Balaban J connectivity index is 1.24. The predicted molar refractivity (Wildman–Crippen MR) is 147 cm³/mol. The summed E-state index contributed by atoms with van der Waals surface area (Å²) in [5.41, 5.74) is 6.47. The van der Waals surface area contributed by atoms with Gasteiger partial charge < -0.3 is 15.4 Å². The van der Waals surface area contributed by atoms with Crippen LogP contribution in [0.4, 0.5) is 10.1 Å². The van der Waals surface area contributed by atoms with Gasteiger partial charge in [0.05, 0.1) is 29.3 Å². The Bertz CT molecular complexity index is 1770. The zero-order valence-electron chi connectivity index (χ0n) is 20.3. The molecule has 1 fully saturated rings. The van der Waals surface area contributed by atoms with E-state index in [0.29, 0.717) is 5.65 Å². The average molecular weight is 526 g/mol. The Kier molecular flexibility index (Phi) is 5.63. The quantitative estimate of drug-likeness (QED) is 0.188. The van der Waals surface area contributed by atoms with Crippen LogP contribution in [0, 0.1) is 11.0 Å². The molecular weight excluding hydrogens is 501 g/mol. The fourth-order valence-electron chi connectivity index (χ4n) is 5.34. The molecule has 1 saturated carbocycles. The van der Waals surface area contributed by atoms with Crippen LogP contribution < -0.4 is 5.32 Å². The second kappa shape index (κ2) is 9.30. The molecule has 8 nitrogen and oxygen atoms in total. The minimum Gasteiger partial charge on any atom is -0.374 e. The molecule has 1 atom stereocenters. The molecule has 0 bridgehead atoms. The number of aromatic nitrogens is 6. The van der Waals surface area contributed by atoms with Crippen molar-refractivity contribution in [3.63, 3.8) is 0 Å². The fraction of sp³-hybridized carbons (Fsp3) is 0.214. The van der Waals surface area contributed by atoms with Gasteiger partial charge in [0.25, 0.3) is 0 Å². The number of nitrogens with one attached hydrogen (secondary N) is 3. The normalized spacial score (nSPS) is 15.0. The topological polar surface area (TPSA) is 115 Å². The van der Waals surface area contributed by atoms with Crippen molar-refractivity contribution in [2.24, 2.45) is 5.92 Å². The Morgan fingerprint density at radius 1 is 0.974 bits per heavy atom. The average Bonchev–Trinajstić information content (AvgIpc) is 3.74. The monoisotopic (exact) mass is 525 g/mol. The lowest BCUT2D eigenvalue weighted by molar-refractivity contribution is 0.137. The number of aromatic amines is 2. The molecule has 1 unspecified atom stereocenters. The zero-order valence-corrected chi connectivity index (χ0v) is 21.1. The fourth-order valence-corrected chi connectivity index (χ4v) is 6.09. The molecule has 7 rings (SSSR count). The smallest absolute Gasteiger partial charge is 0.176 e. The van der Waals surface area contributed by atoms with Crippen LogP contribution in [-0.2, 0) is 0 Å². The van der Waals surface area contributed by atoms with E-state index in [1.54, 1.807) is 37.1 Å². The van der Waals surface area contributed by atoms with Gasteiger partial charge in [0, 0.05) is 56.8 Å². The van der Waals surface area contributed by atoms with Gasteiger partial charge in [0.2, 0.25) is 0 Å². The molecule has 6 aromatic rings. The summed E-state index contributed by atoms with van der Waals surface area (Å²) < 4.78 is 13.7. The highest BCUT2D eigenvalue weighted by atomic mass is 32.1. The van der Waals surface area contributed by atoms with E-state index in [-0.39, 0.29) is 11.0 Å². The van der Waals surface area contributed by atoms with E-state index in [1.807, 2.05) is 18.2 Å². The van der Waals surface area contributed by atoms with Crippen molar-refractivity contribution in [3.8, 4) is 33.0 Å². The van der Waals surface area contributed by atoms with E-state index >= 15 is 0 Å². The first-order valence-corrected chi connectivity index (χ1v) is 13.4. The van der Waals surface area contributed by atoms with Crippen LogP contribution in [0.1, 0.15) is 25.7 Å². The molecule has 38 heavy (non-hydrogen) atoms. The summed E-state index contributed by atoms with van der Waals surface area (Å²) in [7, 11) is 0. The Hall–Kier alpha value is -4.15. The summed E-state index contributed by atoms with van der Waals surface area (Å²) in [5, 5.41) is 23.0. The summed E-state index contributed by atoms with van der Waals surface area (Å²) in [4.78, 5) is 17.6. The van der Waals surface area contributed by atoms with Crippen molar-refractivity contribution in [2.45, 2.75) is 31.9 Å². The third-order valence-corrected chi connectivity index (χ3v) is 8.20. The van der Waals surface area contributed by atoms with Gasteiger partial charge >= 0.3 is 0 Å². The number of aliphatic hydroxyl groups is 1. The van der Waals surface area contributed by atoms with E-state index in [1.165, 1.54) is 18.9 Å². The molecular formula is C28H24FN7OS. The van der Waals surface area contributed by atoms with E-state index < -0.39 is 6.23 Å². The summed E-state index contributed by atoms with van der Waals surface area (Å²) in [5.74, 6) is 0.274. The Morgan fingerprint density at radius 2 is 1.82 bits per heavy atom. The van der Waals surface area contributed by atoms with Gasteiger partial charge in [-0.2, -0.15) is 9.49 Å². The molecule has 0 saturated heterocycles. The number of H-pyrrole nitrogens is 2. The van der Waals surface area contributed by atoms with Crippen molar-refractivity contribution in [1.29, 1.82) is 0 Å². The summed E-state index contributed by atoms with van der Waals surface area (Å²) >= 11 is 1.10. The number of hydrogen-bond donors (Lipinski definition) is 4. The maximum absolute atomic E-state index is 13.7. The first kappa shape index (κ1) is 23.0. The summed E-state index contributed by atoms with van der Waals surface area (Å²) in [6, 6.07) is 9.27. The van der Waals surface area contributed by atoms with Crippen LogP contribution in [-0.4, -0.2) is 41.5 Å². The molecule has 190 valence electrons. The maximum atomic E-state index is 13.7. The Morgan fingerprint density at radius 3 is 2.66 bits per heavy atom. The molecule has 1 aliphatic carbocycles. The van der Waals surface area contributed by atoms with Gasteiger partial charge in [-0.25, -0.2) is 4.98 Å². The SMILES string of the molecule is OC(Nc1cncc(-c2cnc3[nH]nc(-c4cc5c(-c6ccc(F)s6)cncc5[nH]4)c3c2)c1)C1CCCC1. The molecule has 0 aliphatic heterocycles. The van der Waals surface area contributed by atoms with Crippen LogP contribution in [0.2, 0.25) is 0 Å². The largest absolute Gasteiger partial charge is 0.374 e. The molecule has 10 heteroatoms. The predicted octanol–water partition coefficient (Wildman–Crippen LogP) is 6.35. The van der Waals surface area contributed by atoms with Gasteiger partial charge in [-0.15, -0.1) is 11.3 Å². The number of thiophene rings is 1. The first-order chi connectivity index (χ1) is 18.6. The van der Waals surface area contributed by atoms with Gasteiger partial charge in [0.1, 0.15) is 11.9 Å². The highest BCUT2D eigenvalue weighted by molar-refractivity contribution is 7.14. The van der Waals surface area contributed by atoms with Gasteiger partial charge in [-0.3, -0.25) is 15.1 Å². The van der Waals surface area contributed by atoms with Gasteiger partial charge in [-0.05, 0) is 43.2 Å². The van der Waals surface area contributed by atoms with E-state index in [4.69, 9.17) is 0 Å². The molecule has 6 heterocycles. The lowest BCUT2D eigenvalue weighted by Gasteiger charge is -2.20. The van der Waals surface area contributed by atoms with E-state index in [0.717, 1.165) is 79.1 Å². The maximum Gasteiger partial charge on any atom is 0.176 e. The van der Waals surface area contributed by atoms with Crippen molar-refractivity contribution in [3.05, 3.63) is 66.4 Å². The third kappa shape index (κ3) is 4.11. The van der Waals surface area contributed by atoms with Crippen molar-refractivity contribution in [1.82, 2.24) is 30.1 Å².